The molecule has 36 heavy (non-hydrogen) atoms. The van der Waals surface area contributed by atoms with Crippen LogP contribution in [0.15, 0.2) is 77.7 Å². The number of hydrogen-bond acceptors (Lipinski definition) is 6. The molecule has 1 saturated heterocycles. The first kappa shape index (κ1) is 25.8. The number of nitrogens with zero attached hydrogens (tertiary/aromatic N) is 1. The number of anilines is 1. The topological polar surface area (TPSA) is 84.9 Å². The van der Waals surface area contributed by atoms with Gasteiger partial charge in [-0.1, -0.05) is 36.4 Å². The lowest BCUT2D eigenvalue weighted by Crippen LogP contribution is -2.27. The van der Waals surface area contributed by atoms with Crippen LogP contribution in [0.3, 0.4) is 0 Å². The molecular weight excluding hydrogens is 591 g/mol. The molecule has 0 unspecified atom stereocenters. The highest BCUT2D eigenvalue weighted by Crippen LogP contribution is 2.35. The average Bonchev–Trinajstić information content (AvgIpc) is 3.13. The molecule has 4 rings (SSSR count). The molecule has 0 bridgehead atoms. The number of para-hydroxylation sites is 1. The van der Waals surface area contributed by atoms with E-state index in [1.807, 2.05) is 49.4 Å². The van der Waals surface area contributed by atoms with E-state index in [0.29, 0.717) is 34.3 Å². The van der Waals surface area contributed by atoms with Crippen molar-refractivity contribution in [3.8, 4) is 11.5 Å². The number of hydrogen-bond donors (Lipinski definition) is 1. The van der Waals surface area contributed by atoms with Gasteiger partial charge >= 0.3 is 0 Å². The first-order chi connectivity index (χ1) is 17.4. The summed E-state index contributed by atoms with van der Waals surface area (Å²) in [7, 11) is 0. The second kappa shape index (κ2) is 12.1. The third-order valence-corrected chi connectivity index (χ3v) is 6.74. The van der Waals surface area contributed by atoms with E-state index in [9.17, 15) is 14.4 Å². The highest BCUT2D eigenvalue weighted by Gasteiger charge is 2.35. The van der Waals surface area contributed by atoms with Crippen molar-refractivity contribution in [2.24, 2.45) is 0 Å². The van der Waals surface area contributed by atoms with Crippen LogP contribution >= 0.6 is 34.4 Å². The lowest BCUT2D eigenvalue weighted by molar-refractivity contribution is -0.123. The van der Waals surface area contributed by atoms with Crippen molar-refractivity contribution in [3.05, 3.63) is 92.4 Å². The number of carbonyl (C=O) groups is 3. The summed E-state index contributed by atoms with van der Waals surface area (Å²) >= 11 is 3.12. The Balaban J connectivity index is 1.44. The molecule has 3 aromatic rings. The van der Waals surface area contributed by atoms with Gasteiger partial charge in [-0.05, 0) is 94.9 Å². The smallest absolute Gasteiger partial charge is 0.293 e. The molecule has 9 heteroatoms. The molecule has 0 aliphatic carbocycles. The van der Waals surface area contributed by atoms with Crippen molar-refractivity contribution < 1.29 is 23.9 Å². The summed E-state index contributed by atoms with van der Waals surface area (Å²) in [5, 5.41) is 2.46. The van der Waals surface area contributed by atoms with Crippen LogP contribution in [0.25, 0.3) is 6.08 Å². The fourth-order valence-corrected chi connectivity index (χ4v) is 4.62. The summed E-state index contributed by atoms with van der Waals surface area (Å²) in [5.41, 5.74) is 2.25. The summed E-state index contributed by atoms with van der Waals surface area (Å²) in [6.45, 7) is 2.27. The van der Waals surface area contributed by atoms with Crippen LogP contribution in [-0.2, 0) is 16.1 Å². The Bertz CT molecular complexity index is 1300. The zero-order chi connectivity index (χ0) is 25.5. The van der Waals surface area contributed by atoms with Gasteiger partial charge in [-0.3, -0.25) is 19.3 Å². The molecule has 1 N–H and O–H groups in total. The van der Waals surface area contributed by atoms with Crippen LogP contribution in [0.1, 0.15) is 18.1 Å². The van der Waals surface area contributed by atoms with Crippen molar-refractivity contribution >= 4 is 63.2 Å². The molecule has 1 aliphatic heterocycles. The quantitative estimate of drug-likeness (QED) is 0.237. The number of thioether (sulfide) groups is 1. The fraction of sp³-hybridized carbons (Fsp3) is 0.148. The Morgan fingerprint density at radius 2 is 1.75 bits per heavy atom. The molecule has 0 atom stereocenters. The Morgan fingerprint density at radius 1 is 1.00 bits per heavy atom. The van der Waals surface area contributed by atoms with Crippen molar-refractivity contribution in [3.63, 3.8) is 0 Å². The van der Waals surface area contributed by atoms with Crippen LogP contribution in [0.4, 0.5) is 10.5 Å². The van der Waals surface area contributed by atoms with Gasteiger partial charge in [-0.2, -0.15) is 0 Å². The van der Waals surface area contributed by atoms with Gasteiger partial charge in [0.2, 0.25) is 0 Å². The van der Waals surface area contributed by atoms with Crippen LogP contribution in [0.2, 0.25) is 0 Å². The largest absolute Gasteiger partial charge is 0.490 e. The number of nitrogens with one attached hydrogen (secondary N) is 1. The zero-order valence-electron chi connectivity index (χ0n) is 19.4. The summed E-state index contributed by atoms with van der Waals surface area (Å²) in [6.07, 6.45) is 1.66. The van der Waals surface area contributed by atoms with Crippen LogP contribution in [0, 0.1) is 3.57 Å². The molecule has 0 radical (unpaired) electrons. The lowest BCUT2D eigenvalue weighted by atomic mass is 10.1. The Morgan fingerprint density at radius 3 is 2.47 bits per heavy atom. The van der Waals surface area contributed by atoms with E-state index in [4.69, 9.17) is 9.47 Å². The number of imide groups is 1. The first-order valence-corrected chi connectivity index (χ1v) is 13.1. The van der Waals surface area contributed by atoms with Gasteiger partial charge in [0.05, 0.1) is 18.1 Å². The molecule has 7 nitrogen and oxygen atoms in total. The highest BCUT2D eigenvalue weighted by atomic mass is 127. The molecular formula is C27H23IN2O5S. The van der Waals surface area contributed by atoms with Gasteiger partial charge in [-0.25, -0.2) is 0 Å². The first-order valence-electron chi connectivity index (χ1n) is 11.2. The van der Waals surface area contributed by atoms with E-state index in [1.165, 1.54) is 4.90 Å². The van der Waals surface area contributed by atoms with E-state index >= 15 is 0 Å². The van der Waals surface area contributed by atoms with Gasteiger partial charge in [0.25, 0.3) is 17.1 Å². The molecule has 1 aliphatic rings. The number of amides is 3. The van der Waals surface area contributed by atoms with Crippen molar-refractivity contribution in [1.29, 1.82) is 0 Å². The summed E-state index contributed by atoms with van der Waals surface area (Å²) in [6, 6.07) is 22.0. The number of halogens is 1. The standard InChI is InChI=1S/C27H23IN2O5S/c1-2-34-23-14-19(10-13-22(23)35-17-25(31)29-21-6-4-3-5-7-21)15-24-26(32)30(27(33)36-24)16-18-8-11-20(28)12-9-18/h3-15H,2,16-17H2,1H3,(H,29,31)/b24-15-. The Hall–Kier alpha value is -3.31. The third-order valence-electron chi connectivity index (χ3n) is 5.11. The van der Waals surface area contributed by atoms with Gasteiger partial charge < -0.3 is 14.8 Å². The highest BCUT2D eigenvalue weighted by molar-refractivity contribution is 14.1. The minimum absolute atomic E-state index is 0.189. The molecule has 0 spiro atoms. The Labute approximate surface area is 227 Å². The maximum absolute atomic E-state index is 12.9. The third kappa shape index (κ3) is 6.67. The molecule has 0 saturated carbocycles. The van der Waals surface area contributed by atoms with Gasteiger partial charge in [0, 0.05) is 9.26 Å². The molecule has 3 aromatic carbocycles. The minimum atomic E-state index is -0.334. The number of ether oxygens (including phenoxy) is 2. The van der Waals surface area contributed by atoms with E-state index in [1.54, 1.807) is 36.4 Å². The monoisotopic (exact) mass is 614 g/mol. The maximum atomic E-state index is 12.9. The number of benzene rings is 3. The Kier molecular flexibility index (Phi) is 8.65. The van der Waals surface area contributed by atoms with Crippen LogP contribution in [-0.4, -0.2) is 35.2 Å². The maximum Gasteiger partial charge on any atom is 0.293 e. The van der Waals surface area contributed by atoms with E-state index in [-0.39, 0.29) is 30.2 Å². The zero-order valence-corrected chi connectivity index (χ0v) is 22.4. The summed E-state index contributed by atoms with van der Waals surface area (Å²) < 4.78 is 12.5. The second-order valence-corrected chi connectivity index (χ2v) is 9.98. The fourth-order valence-electron chi connectivity index (χ4n) is 3.42. The van der Waals surface area contributed by atoms with E-state index in [2.05, 4.69) is 27.9 Å². The molecule has 0 aromatic heterocycles. The minimum Gasteiger partial charge on any atom is -0.490 e. The molecule has 3 amide bonds. The number of carbonyl (C=O) groups excluding carboxylic acids is 3. The number of rotatable bonds is 9. The van der Waals surface area contributed by atoms with Crippen LogP contribution < -0.4 is 14.8 Å². The predicted octanol–water partition coefficient (Wildman–Crippen LogP) is 5.94. The molecule has 1 fully saturated rings. The van der Waals surface area contributed by atoms with Gasteiger partial charge in [-0.15, -0.1) is 0 Å². The second-order valence-electron chi connectivity index (χ2n) is 7.74. The van der Waals surface area contributed by atoms with E-state index in [0.717, 1.165) is 20.9 Å². The normalized spacial score (nSPS) is 14.3. The molecule has 184 valence electrons. The van der Waals surface area contributed by atoms with Gasteiger partial charge in [0.1, 0.15) is 0 Å². The molecule has 1 heterocycles. The van der Waals surface area contributed by atoms with E-state index < -0.39 is 0 Å². The van der Waals surface area contributed by atoms with Crippen molar-refractivity contribution in [1.82, 2.24) is 4.90 Å². The van der Waals surface area contributed by atoms with Crippen molar-refractivity contribution in [2.45, 2.75) is 13.5 Å². The lowest BCUT2D eigenvalue weighted by Gasteiger charge is -2.13. The summed E-state index contributed by atoms with van der Waals surface area (Å²) in [4.78, 5) is 39.2. The average molecular weight is 614 g/mol. The summed E-state index contributed by atoms with van der Waals surface area (Å²) in [5.74, 6) is 0.217. The predicted molar refractivity (Wildman–Crippen MR) is 149 cm³/mol. The van der Waals surface area contributed by atoms with Gasteiger partial charge in [0.15, 0.2) is 18.1 Å². The SMILES string of the molecule is CCOc1cc(/C=C2\SC(=O)N(Cc3ccc(I)cc3)C2=O)ccc1OCC(=O)Nc1ccccc1. The van der Waals surface area contributed by atoms with Crippen LogP contribution in [0.5, 0.6) is 11.5 Å². The van der Waals surface area contributed by atoms with Crippen molar-refractivity contribution in [2.75, 3.05) is 18.5 Å².